The number of anilines is 3. The first-order valence-electron chi connectivity index (χ1n) is 22.5. The summed E-state index contributed by atoms with van der Waals surface area (Å²) in [5.41, 5.74) is 22.5. The van der Waals surface area contributed by atoms with Crippen LogP contribution in [0, 0.1) is 0 Å². The molecule has 12 rings (SSSR count). The maximum Gasteiger partial charge on any atom is 0.135 e. The predicted molar refractivity (Wildman–Crippen MR) is 271 cm³/mol. The molecule has 0 fully saturated rings. The monoisotopic (exact) mass is 831 g/mol. The molecular weight excluding hydrogens is 787 g/mol. The summed E-state index contributed by atoms with van der Waals surface area (Å²) in [5, 5.41) is 0. The number of hydrogen-bond donors (Lipinski definition) is 0. The minimum Gasteiger partial charge on any atom is -0.456 e. The molecule has 308 valence electrons. The van der Waals surface area contributed by atoms with E-state index < -0.39 is 0 Å². The van der Waals surface area contributed by atoms with Gasteiger partial charge in [-0.1, -0.05) is 196 Å². The van der Waals surface area contributed by atoms with E-state index in [1.165, 1.54) is 55.6 Å². The summed E-state index contributed by atoms with van der Waals surface area (Å²) in [5.74, 6) is 1.72. The fourth-order valence-corrected chi connectivity index (χ4v) is 10.2. The van der Waals surface area contributed by atoms with Gasteiger partial charge in [0, 0.05) is 33.6 Å². The van der Waals surface area contributed by atoms with Crippen molar-refractivity contribution in [2.75, 3.05) is 4.90 Å². The number of benzene rings is 10. The van der Waals surface area contributed by atoms with Crippen LogP contribution >= 0.6 is 0 Å². The molecular formula is C63H45NO. The van der Waals surface area contributed by atoms with Crippen molar-refractivity contribution in [3.8, 4) is 89.4 Å². The summed E-state index contributed by atoms with van der Waals surface area (Å²) in [6.07, 6.45) is 0. The second-order valence-electron chi connectivity index (χ2n) is 17.7. The molecule has 0 amide bonds. The molecule has 0 unspecified atom stereocenters. The molecule has 0 saturated heterocycles. The molecule has 2 nitrogen and oxygen atoms in total. The Bertz CT molecular complexity index is 3390. The van der Waals surface area contributed by atoms with Crippen LogP contribution in [0.3, 0.4) is 0 Å². The van der Waals surface area contributed by atoms with E-state index in [4.69, 9.17) is 4.74 Å². The van der Waals surface area contributed by atoms with E-state index in [2.05, 4.69) is 255 Å². The SMILES string of the molecule is CC1(C)c2ccccc2-c2ccc(N(c3ccc(-c4ccccc4)cc3)c3ccc(-c4ccc(-c5ccc6c(c5)Oc5cccc(-c7ccccc7)c5-c5ccccc5-6)cc4)cc3)cc21. The Morgan fingerprint density at radius 1 is 0.292 bits per heavy atom. The molecule has 0 spiro atoms. The Kier molecular flexibility index (Phi) is 9.21. The first-order valence-corrected chi connectivity index (χ1v) is 22.5. The van der Waals surface area contributed by atoms with Gasteiger partial charge in [0.2, 0.25) is 0 Å². The molecule has 0 radical (unpaired) electrons. The fraction of sp³-hybridized carbons (Fsp3) is 0.0476. The molecule has 1 aliphatic heterocycles. The Labute approximate surface area is 381 Å². The third-order valence-electron chi connectivity index (χ3n) is 13.5. The van der Waals surface area contributed by atoms with Gasteiger partial charge in [0.15, 0.2) is 0 Å². The molecule has 0 aromatic heterocycles. The van der Waals surface area contributed by atoms with Crippen LogP contribution in [0.4, 0.5) is 17.1 Å². The lowest BCUT2D eigenvalue weighted by Crippen LogP contribution is -2.16. The highest BCUT2D eigenvalue weighted by Gasteiger charge is 2.36. The van der Waals surface area contributed by atoms with Crippen LogP contribution in [0.2, 0.25) is 0 Å². The Balaban J connectivity index is 0.865. The summed E-state index contributed by atoms with van der Waals surface area (Å²) >= 11 is 0. The van der Waals surface area contributed by atoms with E-state index in [0.29, 0.717) is 0 Å². The van der Waals surface area contributed by atoms with Gasteiger partial charge >= 0.3 is 0 Å². The van der Waals surface area contributed by atoms with Gasteiger partial charge in [-0.3, -0.25) is 0 Å². The van der Waals surface area contributed by atoms with Crippen LogP contribution in [0.5, 0.6) is 11.5 Å². The first-order chi connectivity index (χ1) is 32.0. The van der Waals surface area contributed by atoms with Crippen molar-refractivity contribution in [1.29, 1.82) is 0 Å². The van der Waals surface area contributed by atoms with E-state index in [-0.39, 0.29) is 5.41 Å². The van der Waals surface area contributed by atoms with Crippen LogP contribution in [0.1, 0.15) is 25.0 Å². The fourth-order valence-electron chi connectivity index (χ4n) is 10.2. The van der Waals surface area contributed by atoms with Crippen LogP contribution < -0.4 is 9.64 Å². The quantitative estimate of drug-likeness (QED) is 0.159. The Morgan fingerprint density at radius 3 is 1.42 bits per heavy atom. The predicted octanol–water partition coefficient (Wildman–Crippen LogP) is 17.6. The summed E-state index contributed by atoms with van der Waals surface area (Å²) in [6.45, 7) is 4.70. The molecule has 10 aromatic carbocycles. The lowest BCUT2D eigenvalue weighted by Gasteiger charge is -2.28. The van der Waals surface area contributed by atoms with Gasteiger partial charge in [0.1, 0.15) is 11.5 Å². The molecule has 0 bridgehead atoms. The number of rotatable bonds is 7. The highest BCUT2D eigenvalue weighted by atomic mass is 16.5. The maximum atomic E-state index is 6.87. The second-order valence-corrected chi connectivity index (χ2v) is 17.7. The zero-order chi connectivity index (χ0) is 43.5. The van der Waals surface area contributed by atoms with Gasteiger partial charge < -0.3 is 9.64 Å². The second kappa shape index (κ2) is 15.6. The highest BCUT2D eigenvalue weighted by molar-refractivity contribution is 5.98. The molecule has 65 heavy (non-hydrogen) atoms. The van der Waals surface area contributed by atoms with Crippen molar-refractivity contribution in [3.63, 3.8) is 0 Å². The molecule has 0 N–H and O–H groups in total. The Morgan fingerprint density at radius 2 is 0.754 bits per heavy atom. The topological polar surface area (TPSA) is 12.5 Å². The first kappa shape index (κ1) is 38.5. The van der Waals surface area contributed by atoms with Crippen LogP contribution in [-0.4, -0.2) is 0 Å². The van der Waals surface area contributed by atoms with Crippen LogP contribution in [-0.2, 0) is 5.41 Å². The van der Waals surface area contributed by atoms with Crippen molar-refractivity contribution < 1.29 is 4.74 Å². The van der Waals surface area contributed by atoms with Crippen LogP contribution in [0.25, 0.3) is 77.9 Å². The van der Waals surface area contributed by atoms with Gasteiger partial charge in [-0.25, -0.2) is 0 Å². The zero-order valence-electron chi connectivity index (χ0n) is 36.4. The average molecular weight is 832 g/mol. The highest BCUT2D eigenvalue weighted by Crippen LogP contribution is 2.52. The molecule has 1 heterocycles. The summed E-state index contributed by atoms with van der Waals surface area (Å²) in [4.78, 5) is 2.39. The third kappa shape index (κ3) is 6.65. The van der Waals surface area contributed by atoms with Gasteiger partial charge in [0.25, 0.3) is 0 Å². The smallest absolute Gasteiger partial charge is 0.135 e. The minimum atomic E-state index is -0.102. The third-order valence-corrected chi connectivity index (χ3v) is 13.5. The molecule has 0 atom stereocenters. The number of hydrogen-bond acceptors (Lipinski definition) is 2. The van der Waals surface area contributed by atoms with Gasteiger partial charge in [0.05, 0.1) is 0 Å². The van der Waals surface area contributed by atoms with Crippen molar-refractivity contribution in [3.05, 3.63) is 248 Å². The van der Waals surface area contributed by atoms with E-state index in [0.717, 1.165) is 61.9 Å². The lowest BCUT2D eigenvalue weighted by atomic mass is 9.82. The number of nitrogens with zero attached hydrogens (tertiary/aromatic N) is 1. The van der Waals surface area contributed by atoms with Crippen molar-refractivity contribution in [1.82, 2.24) is 0 Å². The number of ether oxygens (including phenoxy) is 1. The minimum absolute atomic E-state index is 0.102. The molecule has 1 aliphatic carbocycles. The van der Waals surface area contributed by atoms with Crippen molar-refractivity contribution >= 4 is 17.1 Å². The van der Waals surface area contributed by atoms with E-state index in [1.807, 2.05) is 0 Å². The van der Waals surface area contributed by atoms with E-state index >= 15 is 0 Å². The molecule has 0 saturated carbocycles. The van der Waals surface area contributed by atoms with Gasteiger partial charge in [-0.2, -0.15) is 0 Å². The van der Waals surface area contributed by atoms with Crippen molar-refractivity contribution in [2.24, 2.45) is 0 Å². The molecule has 2 aliphatic rings. The standard InChI is InChI=1S/C63H45NO/c1-63(2)58-22-12-11-19-54(58)55-39-37-51(41-59(55)63)64(49-33-28-44(29-34-49)42-14-5-3-6-15-42)50-35-30-45(31-36-50)43-24-26-46(27-25-43)48-32-38-56-53-18-9-10-20-57(53)62-52(47-16-7-4-8-17-47)21-13-23-60(62)65-61(56)40-48/h3-41H,1-2H3. The summed E-state index contributed by atoms with van der Waals surface area (Å²) < 4.78 is 6.87. The van der Waals surface area contributed by atoms with Crippen LogP contribution in [0.15, 0.2) is 237 Å². The lowest BCUT2D eigenvalue weighted by molar-refractivity contribution is 0.488. The number of fused-ring (bicyclic) bond motifs is 8. The van der Waals surface area contributed by atoms with Gasteiger partial charge in [-0.15, -0.1) is 0 Å². The van der Waals surface area contributed by atoms with E-state index in [9.17, 15) is 0 Å². The Hall–Kier alpha value is -8.20. The normalized spacial score (nSPS) is 12.7. The summed E-state index contributed by atoms with van der Waals surface area (Å²) in [7, 11) is 0. The maximum absolute atomic E-state index is 6.87. The molecule has 10 aromatic rings. The van der Waals surface area contributed by atoms with E-state index in [1.54, 1.807) is 0 Å². The van der Waals surface area contributed by atoms with Crippen molar-refractivity contribution in [2.45, 2.75) is 19.3 Å². The largest absolute Gasteiger partial charge is 0.456 e. The average Bonchev–Trinajstić information content (AvgIpc) is 3.49. The summed E-state index contributed by atoms with van der Waals surface area (Å²) in [6, 6.07) is 85.6. The van der Waals surface area contributed by atoms with Gasteiger partial charge in [-0.05, 0) is 132 Å². The molecule has 2 heteroatoms. The zero-order valence-corrected chi connectivity index (χ0v) is 36.4.